The van der Waals surface area contributed by atoms with Gasteiger partial charge in [0.15, 0.2) is 5.75 Å². The summed E-state index contributed by atoms with van der Waals surface area (Å²) in [5.74, 6) is 1.79. The summed E-state index contributed by atoms with van der Waals surface area (Å²) in [6.45, 7) is 3.86. The second-order valence-corrected chi connectivity index (χ2v) is 6.83. The molecule has 1 aromatic carbocycles. The van der Waals surface area contributed by atoms with Gasteiger partial charge in [0.1, 0.15) is 11.5 Å². The average molecular weight is 387 g/mol. The fourth-order valence-electron chi connectivity index (χ4n) is 2.61. The number of pyridine rings is 1. The van der Waals surface area contributed by atoms with Crippen molar-refractivity contribution in [3.05, 3.63) is 41.2 Å². The molecule has 7 nitrogen and oxygen atoms in total. The van der Waals surface area contributed by atoms with Crippen molar-refractivity contribution in [1.29, 1.82) is 0 Å². The van der Waals surface area contributed by atoms with Crippen LogP contribution in [0.25, 0.3) is 11.0 Å². The zero-order valence-corrected chi connectivity index (χ0v) is 15.4. The Morgan fingerprint density at radius 1 is 1.19 bits per heavy atom. The molecule has 3 aromatic rings. The SMILES string of the molecule is COc1ccc2nc([S@+]([O-])Cc3ncc(C)c(OC)c3C)[nH]c2c1.O.[NaH]. The van der Waals surface area contributed by atoms with Gasteiger partial charge in [-0.05, 0) is 26.0 Å². The first-order valence-corrected chi connectivity index (χ1v) is 8.76. The van der Waals surface area contributed by atoms with E-state index in [4.69, 9.17) is 9.47 Å². The van der Waals surface area contributed by atoms with Gasteiger partial charge >= 0.3 is 34.7 Å². The van der Waals surface area contributed by atoms with E-state index in [1.165, 1.54) is 0 Å². The van der Waals surface area contributed by atoms with Crippen LogP contribution in [-0.2, 0) is 16.9 Å². The molecule has 0 saturated carbocycles. The summed E-state index contributed by atoms with van der Waals surface area (Å²) < 4.78 is 23.3. The number of nitrogens with one attached hydrogen (secondary N) is 1. The fraction of sp³-hybridized carbons (Fsp3) is 0.294. The van der Waals surface area contributed by atoms with Crippen LogP contribution in [0.1, 0.15) is 16.8 Å². The molecule has 26 heavy (non-hydrogen) atoms. The zero-order valence-electron chi connectivity index (χ0n) is 14.5. The molecule has 0 aliphatic carbocycles. The number of fused-ring (bicyclic) bond motifs is 1. The van der Waals surface area contributed by atoms with E-state index in [9.17, 15) is 4.55 Å². The molecule has 136 valence electrons. The summed E-state index contributed by atoms with van der Waals surface area (Å²) in [4.78, 5) is 11.9. The molecule has 2 heterocycles. The monoisotopic (exact) mass is 387 g/mol. The van der Waals surface area contributed by atoms with Gasteiger partial charge in [0, 0.05) is 34.6 Å². The van der Waals surface area contributed by atoms with Crippen LogP contribution in [0.4, 0.5) is 0 Å². The van der Waals surface area contributed by atoms with Crippen LogP contribution in [-0.4, -0.2) is 68.8 Å². The van der Waals surface area contributed by atoms with Crippen LogP contribution in [0.5, 0.6) is 11.5 Å². The topological polar surface area (TPSA) is 115 Å². The molecule has 1 atom stereocenters. The zero-order chi connectivity index (χ0) is 17.3. The first-order chi connectivity index (χ1) is 11.5. The van der Waals surface area contributed by atoms with Crippen molar-refractivity contribution in [3.8, 4) is 11.5 Å². The second kappa shape index (κ2) is 9.59. The Hall–Kier alpha value is -1.29. The molecule has 0 saturated heterocycles. The van der Waals surface area contributed by atoms with Crippen molar-refractivity contribution >= 4 is 51.8 Å². The normalized spacial score (nSPS) is 11.4. The van der Waals surface area contributed by atoms with Gasteiger partial charge in [-0.3, -0.25) is 9.97 Å². The Morgan fingerprint density at radius 3 is 2.58 bits per heavy atom. The first kappa shape index (κ1) is 22.8. The molecule has 3 rings (SSSR count). The maximum atomic E-state index is 12.7. The number of ether oxygens (including phenoxy) is 2. The molecule has 0 radical (unpaired) electrons. The number of aromatic amines is 1. The van der Waals surface area contributed by atoms with Crippen LogP contribution in [0.2, 0.25) is 0 Å². The molecule has 0 bridgehead atoms. The molecule has 3 N–H and O–H groups in total. The molecule has 0 unspecified atom stereocenters. The summed E-state index contributed by atoms with van der Waals surface area (Å²) in [5, 5.41) is 0.430. The molecule has 0 aliphatic heterocycles. The van der Waals surface area contributed by atoms with Gasteiger partial charge in [0.05, 0.1) is 30.9 Å². The fourth-order valence-corrected chi connectivity index (χ4v) is 3.71. The Labute approximate surface area is 177 Å². The standard InChI is InChI=1S/C17H19N3O3S.Na.H2O.H/c1-10-8-18-15(11(2)16(10)23-4)9-24(21)17-19-13-6-5-12(22-3)7-14(13)20-17;;;/h5-8H,9H2,1-4H3,(H,19,20);;1H2;/t24-;;;/m1.../s1. The van der Waals surface area contributed by atoms with Crippen molar-refractivity contribution in [1.82, 2.24) is 15.0 Å². The van der Waals surface area contributed by atoms with E-state index in [1.54, 1.807) is 20.4 Å². The third-order valence-electron chi connectivity index (χ3n) is 3.90. The predicted octanol–water partition coefficient (Wildman–Crippen LogP) is 1.43. The van der Waals surface area contributed by atoms with Crippen LogP contribution < -0.4 is 9.47 Å². The van der Waals surface area contributed by atoms with Crippen LogP contribution in [0.15, 0.2) is 29.6 Å². The Kier molecular flexibility index (Phi) is 8.39. The minimum atomic E-state index is -1.33. The Morgan fingerprint density at radius 2 is 1.92 bits per heavy atom. The summed E-state index contributed by atoms with van der Waals surface area (Å²) in [7, 11) is 3.23. The second-order valence-electron chi connectivity index (χ2n) is 5.46. The van der Waals surface area contributed by atoms with E-state index >= 15 is 0 Å². The molecule has 0 aliphatic rings. The van der Waals surface area contributed by atoms with Gasteiger partial charge < -0.3 is 19.5 Å². The summed E-state index contributed by atoms with van der Waals surface area (Å²) in [6, 6.07) is 5.50. The van der Waals surface area contributed by atoms with E-state index in [-0.39, 0.29) is 40.8 Å². The number of aromatic nitrogens is 3. The van der Waals surface area contributed by atoms with E-state index in [1.807, 2.05) is 32.0 Å². The van der Waals surface area contributed by atoms with Crippen LogP contribution in [0.3, 0.4) is 0 Å². The minimum absolute atomic E-state index is 0. The molecule has 0 fully saturated rings. The average Bonchev–Trinajstić information content (AvgIpc) is 3.01. The number of hydrogen-bond donors (Lipinski definition) is 1. The van der Waals surface area contributed by atoms with Crippen LogP contribution >= 0.6 is 0 Å². The quantitative estimate of drug-likeness (QED) is 0.525. The van der Waals surface area contributed by atoms with Crippen LogP contribution in [0, 0.1) is 13.8 Å². The Bertz CT molecular complexity index is 888. The molecular formula is C17H22N3NaO4S. The number of H-pyrrole nitrogens is 1. The molecule has 9 heteroatoms. The number of aryl methyl sites for hydroxylation is 1. The number of rotatable bonds is 5. The van der Waals surface area contributed by atoms with Crippen molar-refractivity contribution in [3.63, 3.8) is 0 Å². The van der Waals surface area contributed by atoms with Gasteiger partial charge in [-0.25, -0.2) is 0 Å². The van der Waals surface area contributed by atoms with Gasteiger partial charge in [-0.2, -0.15) is 4.98 Å². The first-order valence-electron chi connectivity index (χ1n) is 7.44. The number of imidazole rings is 1. The van der Waals surface area contributed by atoms with E-state index in [0.29, 0.717) is 5.16 Å². The number of hydrogen-bond acceptors (Lipinski definition) is 5. The predicted molar refractivity (Wildman–Crippen MR) is 104 cm³/mol. The van der Waals surface area contributed by atoms with E-state index < -0.39 is 11.2 Å². The Balaban J connectivity index is 0.00000169. The van der Waals surface area contributed by atoms with Gasteiger partial charge in [0.2, 0.25) is 0 Å². The van der Waals surface area contributed by atoms with Gasteiger partial charge in [0.25, 0.3) is 0 Å². The van der Waals surface area contributed by atoms with Crippen molar-refractivity contribution in [2.24, 2.45) is 0 Å². The third kappa shape index (κ3) is 4.51. The van der Waals surface area contributed by atoms with Crippen molar-refractivity contribution < 1.29 is 19.5 Å². The summed E-state index contributed by atoms with van der Waals surface area (Å²) in [6.07, 6.45) is 1.74. The third-order valence-corrected chi connectivity index (χ3v) is 5.06. The number of methoxy groups -OCH3 is 2. The van der Waals surface area contributed by atoms with E-state index in [2.05, 4.69) is 15.0 Å². The van der Waals surface area contributed by atoms with Crippen molar-refractivity contribution in [2.75, 3.05) is 14.2 Å². The van der Waals surface area contributed by atoms with Gasteiger partial charge in [-0.1, -0.05) is 0 Å². The molecule has 2 aromatic heterocycles. The number of nitrogens with zero attached hydrogens (tertiary/aromatic N) is 2. The molecular weight excluding hydrogens is 365 g/mol. The summed E-state index contributed by atoms with van der Waals surface area (Å²) >= 11 is -1.33. The number of benzene rings is 1. The molecule has 0 spiro atoms. The van der Waals surface area contributed by atoms with Gasteiger partial charge in [-0.15, -0.1) is 0 Å². The maximum absolute atomic E-state index is 12.7. The molecule has 0 amide bonds. The van der Waals surface area contributed by atoms with E-state index in [0.717, 1.165) is 39.4 Å². The van der Waals surface area contributed by atoms with Crippen molar-refractivity contribution in [2.45, 2.75) is 24.8 Å². The summed E-state index contributed by atoms with van der Waals surface area (Å²) in [5.41, 5.74) is 4.16.